The first kappa shape index (κ1) is 10.8. The maximum Gasteiger partial charge on any atom is 0.0836 e. The molecule has 1 aromatic rings. The van der Waals surface area contributed by atoms with Gasteiger partial charge >= 0.3 is 0 Å². The summed E-state index contributed by atoms with van der Waals surface area (Å²) >= 11 is 0. The van der Waals surface area contributed by atoms with E-state index in [1.807, 2.05) is 17.8 Å². The number of hydrogen-bond acceptors (Lipinski definition) is 2. The van der Waals surface area contributed by atoms with Crippen LogP contribution < -0.4 is 0 Å². The van der Waals surface area contributed by atoms with Gasteiger partial charge in [0.05, 0.1) is 5.69 Å². The van der Waals surface area contributed by atoms with Crippen LogP contribution in [0.15, 0.2) is 6.20 Å². The molecule has 0 aromatic carbocycles. The van der Waals surface area contributed by atoms with Gasteiger partial charge in [0.1, 0.15) is 0 Å². The van der Waals surface area contributed by atoms with Gasteiger partial charge in [-0.25, -0.2) is 0 Å². The van der Waals surface area contributed by atoms with E-state index in [-0.39, 0.29) is 0 Å². The fourth-order valence-corrected chi connectivity index (χ4v) is 1.23. The van der Waals surface area contributed by atoms with Crippen LogP contribution in [0.25, 0.3) is 0 Å². The maximum absolute atomic E-state index is 4.09. The summed E-state index contributed by atoms with van der Waals surface area (Å²) in [6, 6.07) is 0. The lowest BCUT2D eigenvalue weighted by Crippen LogP contribution is -2.04. The number of aryl methyl sites for hydroxylation is 1. The molecule has 3 nitrogen and oxygen atoms in total. The Bertz CT molecular complexity index is 328. The van der Waals surface area contributed by atoms with E-state index in [0.717, 1.165) is 25.1 Å². The van der Waals surface area contributed by atoms with E-state index >= 15 is 0 Å². The highest BCUT2D eigenvalue weighted by Crippen LogP contribution is 2.01. The monoisotopic (exact) mass is 191 g/mol. The molecule has 0 spiro atoms. The molecular formula is C11H17N3. The van der Waals surface area contributed by atoms with E-state index in [4.69, 9.17) is 0 Å². The maximum atomic E-state index is 4.09. The van der Waals surface area contributed by atoms with Crippen molar-refractivity contribution in [2.24, 2.45) is 5.92 Å². The zero-order chi connectivity index (χ0) is 10.4. The normalized spacial score (nSPS) is 10.0. The predicted octanol–water partition coefficient (Wildman–Crippen LogP) is 1.89. The molecule has 0 amide bonds. The van der Waals surface area contributed by atoms with Gasteiger partial charge in [-0.15, -0.1) is 16.9 Å². The van der Waals surface area contributed by atoms with Gasteiger partial charge in [-0.05, 0) is 12.8 Å². The number of hydrogen-bond donors (Lipinski definition) is 0. The minimum atomic E-state index is 0.611. The second-order valence-corrected chi connectivity index (χ2v) is 3.75. The third kappa shape index (κ3) is 3.61. The van der Waals surface area contributed by atoms with Crippen LogP contribution in [0.1, 0.15) is 32.9 Å². The minimum absolute atomic E-state index is 0.611. The molecule has 0 aliphatic heterocycles. The molecule has 76 valence electrons. The number of rotatable bonds is 4. The number of aromatic nitrogens is 3. The lowest BCUT2D eigenvalue weighted by molar-refractivity contribution is 0.472. The van der Waals surface area contributed by atoms with Crippen molar-refractivity contribution in [1.29, 1.82) is 0 Å². The SMILES string of the molecule is CC#CCCc1cn(CC(C)C)nn1. The standard InChI is InChI=1S/C11H17N3/c1-4-5-6-7-11-9-14(13-12-11)8-10(2)3/h9-10H,6-8H2,1-3H3. The first-order chi connectivity index (χ1) is 6.72. The van der Waals surface area contributed by atoms with Crippen LogP contribution in [0.4, 0.5) is 0 Å². The van der Waals surface area contributed by atoms with E-state index in [1.54, 1.807) is 0 Å². The van der Waals surface area contributed by atoms with Crippen molar-refractivity contribution in [2.45, 2.75) is 40.2 Å². The molecule has 0 N–H and O–H groups in total. The minimum Gasteiger partial charge on any atom is -0.252 e. The predicted molar refractivity (Wildman–Crippen MR) is 56.6 cm³/mol. The van der Waals surface area contributed by atoms with Crippen LogP contribution in [-0.2, 0) is 13.0 Å². The van der Waals surface area contributed by atoms with E-state index in [0.29, 0.717) is 5.92 Å². The third-order valence-corrected chi connectivity index (χ3v) is 1.82. The molecule has 0 aliphatic carbocycles. The van der Waals surface area contributed by atoms with Gasteiger partial charge in [0.25, 0.3) is 0 Å². The molecule has 0 unspecified atom stereocenters. The Morgan fingerprint density at radius 1 is 1.50 bits per heavy atom. The zero-order valence-electron chi connectivity index (χ0n) is 9.12. The molecule has 1 aromatic heterocycles. The zero-order valence-corrected chi connectivity index (χ0v) is 9.12. The highest BCUT2D eigenvalue weighted by molar-refractivity contribution is 5.01. The second-order valence-electron chi connectivity index (χ2n) is 3.75. The summed E-state index contributed by atoms with van der Waals surface area (Å²) in [5, 5.41) is 8.14. The third-order valence-electron chi connectivity index (χ3n) is 1.82. The van der Waals surface area contributed by atoms with Crippen LogP contribution in [0.3, 0.4) is 0 Å². The van der Waals surface area contributed by atoms with Crippen LogP contribution in [0, 0.1) is 17.8 Å². The quantitative estimate of drug-likeness (QED) is 0.680. The lowest BCUT2D eigenvalue weighted by Gasteiger charge is -2.01. The smallest absolute Gasteiger partial charge is 0.0836 e. The van der Waals surface area contributed by atoms with Crippen LogP contribution >= 0.6 is 0 Å². The first-order valence-corrected chi connectivity index (χ1v) is 5.01. The highest BCUT2D eigenvalue weighted by atomic mass is 15.4. The van der Waals surface area contributed by atoms with E-state index in [9.17, 15) is 0 Å². The molecular weight excluding hydrogens is 174 g/mol. The van der Waals surface area contributed by atoms with Crippen molar-refractivity contribution in [3.05, 3.63) is 11.9 Å². The summed E-state index contributed by atoms with van der Waals surface area (Å²) in [6.45, 7) is 7.13. The van der Waals surface area contributed by atoms with Gasteiger partial charge in [-0.2, -0.15) is 0 Å². The molecule has 0 fully saturated rings. The van der Waals surface area contributed by atoms with Gasteiger partial charge in [-0.3, -0.25) is 4.68 Å². The van der Waals surface area contributed by atoms with Gasteiger partial charge in [0.15, 0.2) is 0 Å². The Labute approximate surface area is 85.5 Å². The average molecular weight is 191 g/mol. The highest BCUT2D eigenvalue weighted by Gasteiger charge is 2.01. The van der Waals surface area contributed by atoms with Crippen molar-refractivity contribution in [3.8, 4) is 11.8 Å². The Morgan fingerprint density at radius 2 is 2.29 bits per heavy atom. The molecule has 1 heterocycles. The number of nitrogens with zero attached hydrogens (tertiary/aromatic N) is 3. The second kappa shape index (κ2) is 5.43. The van der Waals surface area contributed by atoms with Crippen LogP contribution in [0.2, 0.25) is 0 Å². The van der Waals surface area contributed by atoms with Crippen LogP contribution in [0.5, 0.6) is 0 Å². The van der Waals surface area contributed by atoms with Crippen molar-refractivity contribution >= 4 is 0 Å². The molecule has 14 heavy (non-hydrogen) atoms. The van der Waals surface area contributed by atoms with Crippen molar-refractivity contribution < 1.29 is 0 Å². The summed E-state index contributed by atoms with van der Waals surface area (Å²) in [4.78, 5) is 0. The molecule has 0 radical (unpaired) electrons. The molecule has 0 saturated heterocycles. The Balaban J connectivity index is 2.45. The molecule has 0 bridgehead atoms. The topological polar surface area (TPSA) is 30.7 Å². The van der Waals surface area contributed by atoms with Crippen molar-refractivity contribution in [1.82, 2.24) is 15.0 Å². The molecule has 3 heteroatoms. The fraction of sp³-hybridized carbons (Fsp3) is 0.636. The van der Waals surface area contributed by atoms with Gasteiger partial charge in [0.2, 0.25) is 0 Å². The van der Waals surface area contributed by atoms with Crippen molar-refractivity contribution in [2.75, 3.05) is 0 Å². The molecule has 0 saturated carbocycles. The van der Waals surface area contributed by atoms with Gasteiger partial charge in [0, 0.05) is 25.6 Å². The largest absolute Gasteiger partial charge is 0.252 e. The van der Waals surface area contributed by atoms with Crippen molar-refractivity contribution in [3.63, 3.8) is 0 Å². The van der Waals surface area contributed by atoms with Gasteiger partial charge < -0.3 is 0 Å². The van der Waals surface area contributed by atoms with Gasteiger partial charge in [-0.1, -0.05) is 19.1 Å². The average Bonchev–Trinajstić information content (AvgIpc) is 2.52. The Morgan fingerprint density at radius 3 is 2.93 bits per heavy atom. The molecule has 0 aliphatic rings. The summed E-state index contributed by atoms with van der Waals surface area (Å²) in [6.07, 6.45) is 3.78. The molecule has 1 rings (SSSR count). The summed E-state index contributed by atoms with van der Waals surface area (Å²) < 4.78 is 1.90. The van der Waals surface area contributed by atoms with E-state index in [1.165, 1.54) is 0 Å². The summed E-state index contributed by atoms with van der Waals surface area (Å²) in [5.41, 5.74) is 1.04. The molecule has 0 atom stereocenters. The van der Waals surface area contributed by atoms with E-state index < -0.39 is 0 Å². The first-order valence-electron chi connectivity index (χ1n) is 5.01. The fourth-order valence-electron chi connectivity index (χ4n) is 1.23. The summed E-state index contributed by atoms with van der Waals surface area (Å²) in [5.74, 6) is 6.50. The van der Waals surface area contributed by atoms with E-state index in [2.05, 4.69) is 36.0 Å². The summed E-state index contributed by atoms with van der Waals surface area (Å²) in [7, 11) is 0. The Hall–Kier alpha value is -1.30. The van der Waals surface area contributed by atoms with Crippen LogP contribution in [-0.4, -0.2) is 15.0 Å². The Kier molecular flexibility index (Phi) is 4.18. The lowest BCUT2D eigenvalue weighted by atomic mass is 10.2.